The number of nitrogens with zero attached hydrogens (tertiary/aromatic N) is 1. The van der Waals surface area contributed by atoms with Crippen LogP contribution in [0.5, 0.6) is 0 Å². The number of rotatable bonds is 5. The smallest absolute Gasteiger partial charge is 0.348 e. The predicted molar refractivity (Wildman–Crippen MR) is 84.9 cm³/mol. The first-order valence-corrected chi connectivity index (χ1v) is 8.24. The van der Waals surface area contributed by atoms with Gasteiger partial charge in [-0.25, -0.2) is 4.79 Å². The van der Waals surface area contributed by atoms with Crippen LogP contribution < -0.4 is 0 Å². The molecule has 2 aromatic rings. The standard InChI is InChI=1S/C16H16N2O4S/c19-13(10-22-16(21)14-4-3-7-23-14)11-8-12(17-9-11)15(20)18-5-1-2-6-18/h3-4,7-9,17H,1-2,5-6,10H2. The molecule has 0 saturated carbocycles. The number of thiophene rings is 1. The van der Waals surface area contributed by atoms with Gasteiger partial charge in [-0.05, 0) is 30.4 Å². The fraction of sp³-hybridized carbons (Fsp3) is 0.312. The number of hydrogen-bond acceptors (Lipinski definition) is 5. The maximum atomic E-state index is 12.2. The van der Waals surface area contributed by atoms with Crippen LogP contribution in [0.4, 0.5) is 0 Å². The van der Waals surface area contributed by atoms with Gasteiger partial charge < -0.3 is 14.6 Å². The first-order valence-electron chi connectivity index (χ1n) is 7.36. The molecular formula is C16H16N2O4S. The second kappa shape index (κ2) is 6.78. The minimum atomic E-state index is -0.516. The molecule has 0 aromatic carbocycles. The van der Waals surface area contributed by atoms with Crippen LogP contribution >= 0.6 is 11.3 Å². The third kappa shape index (κ3) is 3.50. The zero-order valence-corrected chi connectivity index (χ0v) is 13.2. The summed E-state index contributed by atoms with van der Waals surface area (Å²) in [7, 11) is 0. The molecule has 1 fully saturated rings. The van der Waals surface area contributed by atoms with Crippen LogP contribution in [0.3, 0.4) is 0 Å². The number of amides is 1. The lowest BCUT2D eigenvalue weighted by Gasteiger charge is -2.13. The Kier molecular flexibility index (Phi) is 4.57. The van der Waals surface area contributed by atoms with Crippen LogP contribution in [0.25, 0.3) is 0 Å². The number of likely N-dealkylation sites (tertiary alicyclic amines) is 1. The van der Waals surface area contributed by atoms with Gasteiger partial charge in [0.15, 0.2) is 6.61 Å². The highest BCUT2D eigenvalue weighted by atomic mass is 32.1. The van der Waals surface area contributed by atoms with E-state index in [1.807, 2.05) is 0 Å². The maximum absolute atomic E-state index is 12.2. The van der Waals surface area contributed by atoms with E-state index >= 15 is 0 Å². The molecule has 0 unspecified atom stereocenters. The van der Waals surface area contributed by atoms with Gasteiger partial charge in [-0.15, -0.1) is 11.3 Å². The lowest BCUT2D eigenvalue weighted by atomic mass is 10.2. The van der Waals surface area contributed by atoms with Crippen molar-refractivity contribution in [3.8, 4) is 0 Å². The molecule has 23 heavy (non-hydrogen) atoms. The number of hydrogen-bond donors (Lipinski definition) is 1. The maximum Gasteiger partial charge on any atom is 0.348 e. The molecule has 3 rings (SSSR count). The van der Waals surface area contributed by atoms with E-state index in [2.05, 4.69) is 4.98 Å². The summed E-state index contributed by atoms with van der Waals surface area (Å²) >= 11 is 1.26. The molecule has 1 saturated heterocycles. The van der Waals surface area contributed by atoms with Gasteiger partial charge in [0.25, 0.3) is 5.91 Å². The number of ketones is 1. The predicted octanol–water partition coefficient (Wildman–Crippen LogP) is 2.35. The summed E-state index contributed by atoms with van der Waals surface area (Å²) in [6, 6.07) is 4.90. The summed E-state index contributed by atoms with van der Waals surface area (Å²) in [5.41, 5.74) is 0.728. The van der Waals surface area contributed by atoms with E-state index in [9.17, 15) is 14.4 Å². The number of carbonyl (C=O) groups is 3. The molecule has 0 radical (unpaired) electrons. The molecular weight excluding hydrogens is 316 g/mol. The lowest BCUT2D eigenvalue weighted by molar-refractivity contribution is 0.0479. The van der Waals surface area contributed by atoms with E-state index in [0.717, 1.165) is 25.9 Å². The third-order valence-electron chi connectivity index (χ3n) is 3.69. The average molecular weight is 332 g/mol. The van der Waals surface area contributed by atoms with E-state index in [0.29, 0.717) is 16.1 Å². The Morgan fingerprint density at radius 2 is 2.04 bits per heavy atom. The average Bonchev–Trinajstić information content (AvgIpc) is 3.33. The number of nitrogens with one attached hydrogen (secondary N) is 1. The highest BCUT2D eigenvalue weighted by Gasteiger charge is 2.22. The van der Waals surface area contributed by atoms with E-state index in [4.69, 9.17) is 4.74 Å². The van der Waals surface area contributed by atoms with Gasteiger partial charge in [-0.2, -0.15) is 0 Å². The van der Waals surface area contributed by atoms with Crippen molar-refractivity contribution in [3.05, 3.63) is 45.9 Å². The molecule has 6 nitrogen and oxygen atoms in total. The van der Waals surface area contributed by atoms with Crippen LogP contribution in [0.15, 0.2) is 29.8 Å². The van der Waals surface area contributed by atoms with Crippen LogP contribution in [-0.4, -0.2) is 47.2 Å². The zero-order chi connectivity index (χ0) is 16.2. The Bertz CT molecular complexity index is 714. The number of ether oxygens (including phenoxy) is 1. The van der Waals surface area contributed by atoms with E-state index in [-0.39, 0.29) is 18.3 Å². The van der Waals surface area contributed by atoms with Crippen molar-refractivity contribution in [3.63, 3.8) is 0 Å². The summed E-state index contributed by atoms with van der Waals surface area (Å²) in [6.07, 6.45) is 3.50. The molecule has 0 atom stereocenters. The van der Waals surface area contributed by atoms with Crippen molar-refractivity contribution in [2.24, 2.45) is 0 Å². The summed E-state index contributed by atoms with van der Waals surface area (Å²) in [5.74, 6) is -0.957. The molecule has 7 heteroatoms. The van der Waals surface area contributed by atoms with Gasteiger partial charge in [0, 0.05) is 24.8 Å². The van der Waals surface area contributed by atoms with E-state index < -0.39 is 5.97 Å². The molecule has 1 N–H and O–H groups in total. The van der Waals surface area contributed by atoms with Gasteiger partial charge in [-0.1, -0.05) is 6.07 Å². The van der Waals surface area contributed by atoms with Crippen molar-refractivity contribution >= 4 is 29.0 Å². The molecule has 2 aromatic heterocycles. The van der Waals surface area contributed by atoms with Crippen molar-refractivity contribution in [1.82, 2.24) is 9.88 Å². The third-order valence-corrected chi connectivity index (χ3v) is 4.54. The van der Waals surface area contributed by atoms with Gasteiger partial charge in [-0.3, -0.25) is 9.59 Å². The molecule has 1 amide bonds. The zero-order valence-electron chi connectivity index (χ0n) is 12.4. The number of H-pyrrole nitrogens is 1. The molecule has 1 aliphatic rings. The summed E-state index contributed by atoms with van der Waals surface area (Å²) in [5, 5.41) is 1.76. The molecule has 0 bridgehead atoms. The first kappa shape index (κ1) is 15.5. The van der Waals surface area contributed by atoms with Crippen molar-refractivity contribution in [2.45, 2.75) is 12.8 Å². The summed E-state index contributed by atoms with van der Waals surface area (Å²) < 4.78 is 4.98. The van der Waals surface area contributed by atoms with Crippen molar-refractivity contribution in [2.75, 3.05) is 19.7 Å². The quantitative estimate of drug-likeness (QED) is 0.673. The normalized spacial score (nSPS) is 14.0. The Labute approximate surface area is 137 Å². The highest BCUT2D eigenvalue weighted by Crippen LogP contribution is 2.14. The van der Waals surface area contributed by atoms with Crippen LogP contribution in [0.1, 0.15) is 43.4 Å². The lowest BCUT2D eigenvalue weighted by Crippen LogP contribution is -2.27. The summed E-state index contributed by atoms with van der Waals surface area (Å²) in [6.45, 7) is 1.16. The minimum Gasteiger partial charge on any atom is -0.453 e. The largest absolute Gasteiger partial charge is 0.453 e. The van der Waals surface area contributed by atoms with Crippen molar-refractivity contribution in [1.29, 1.82) is 0 Å². The van der Waals surface area contributed by atoms with Gasteiger partial charge in [0.2, 0.25) is 5.78 Å². The molecule has 0 spiro atoms. The van der Waals surface area contributed by atoms with Crippen LogP contribution in [-0.2, 0) is 4.74 Å². The van der Waals surface area contributed by atoms with Crippen molar-refractivity contribution < 1.29 is 19.1 Å². The highest BCUT2D eigenvalue weighted by molar-refractivity contribution is 7.11. The number of carbonyl (C=O) groups excluding carboxylic acids is 3. The van der Waals surface area contributed by atoms with E-state index in [1.54, 1.807) is 22.4 Å². The number of esters is 1. The molecule has 120 valence electrons. The number of Topliss-reactive ketones (excluding diaryl/α,β-unsaturated/α-hetero) is 1. The Morgan fingerprint density at radius 3 is 2.74 bits per heavy atom. The van der Waals surface area contributed by atoms with Gasteiger partial charge in [0.05, 0.1) is 0 Å². The van der Waals surface area contributed by atoms with Crippen LogP contribution in [0, 0.1) is 0 Å². The number of aromatic amines is 1. The SMILES string of the molecule is O=C(COC(=O)c1cccs1)c1c[nH]c(C(=O)N2CCCC2)c1. The van der Waals surface area contributed by atoms with Gasteiger partial charge >= 0.3 is 5.97 Å². The second-order valence-corrected chi connectivity index (χ2v) is 6.23. The molecule has 3 heterocycles. The van der Waals surface area contributed by atoms with Gasteiger partial charge in [0.1, 0.15) is 10.6 Å². The summed E-state index contributed by atoms with van der Waals surface area (Å²) in [4.78, 5) is 41.0. The van der Waals surface area contributed by atoms with Crippen LogP contribution in [0.2, 0.25) is 0 Å². The monoisotopic (exact) mass is 332 g/mol. The minimum absolute atomic E-state index is 0.0999. The Balaban J connectivity index is 1.58. The van der Waals surface area contributed by atoms with E-state index in [1.165, 1.54) is 23.6 Å². The fourth-order valence-electron chi connectivity index (χ4n) is 2.45. The molecule has 0 aliphatic carbocycles. The second-order valence-electron chi connectivity index (χ2n) is 5.28. The Hall–Kier alpha value is -2.41. The molecule has 1 aliphatic heterocycles. The Morgan fingerprint density at radius 1 is 1.26 bits per heavy atom. The fourth-order valence-corrected chi connectivity index (χ4v) is 3.07. The topological polar surface area (TPSA) is 79.5 Å². The first-order chi connectivity index (χ1) is 11.1. The number of aromatic nitrogens is 1.